The molecule has 1 atom stereocenters. The molecule has 0 N–H and O–H groups in total. The molecule has 4 heteroatoms. The Bertz CT molecular complexity index is 748. The molecule has 3 heterocycles. The Morgan fingerprint density at radius 1 is 1.15 bits per heavy atom. The maximum Gasteiger partial charge on any atom is 0.164 e. The van der Waals surface area contributed by atoms with Crippen LogP contribution in [0.25, 0.3) is 11.6 Å². The lowest BCUT2D eigenvalue weighted by molar-refractivity contribution is 0.405. The van der Waals surface area contributed by atoms with Crippen LogP contribution < -0.4 is 0 Å². The minimum absolute atomic E-state index is 0.122. The van der Waals surface area contributed by atoms with Crippen LogP contribution in [0.3, 0.4) is 0 Å². The Morgan fingerprint density at radius 2 is 2.00 bits per heavy atom. The Hall–Kier alpha value is -2.49. The summed E-state index contributed by atoms with van der Waals surface area (Å²) in [5.74, 6) is 2.70. The standard InChI is InChI=1S/C16H13NO3/c1-10-16-12(14-5-3-7-19-14)8-11(9-15(16)20-17-10)13-4-2-6-18-13/h2-7,9,12H,8H2,1H3. The van der Waals surface area contributed by atoms with Crippen LogP contribution in [-0.2, 0) is 0 Å². The third-order valence-electron chi connectivity index (χ3n) is 3.74. The number of aryl methyl sites for hydroxylation is 1. The van der Waals surface area contributed by atoms with E-state index in [4.69, 9.17) is 13.4 Å². The zero-order chi connectivity index (χ0) is 13.5. The van der Waals surface area contributed by atoms with Gasteiger partial charge < -0.3 is 13.4 Å². The number of furan rings is 2. The zero-order valence-corrected chi connectivity index (χ0v) is 11.0. The van der Waals surface area contributed by atoms with E-state index in [1.165, 1.54) is 0 Å². The van der Waals surface area contributed by atoms with Crippen molar-refractivity contribution >= 4 is 11.6 Å². The van der Waals surface area contributed by atoms with E-state index in [2.05, 4.69) is 5.16 Å². The van der Waals surface area contributed by atoms with Crippen LogP contribution in [0.5, 0.6) is 0 Å². The molecule has 100 valence electrons. The quantitative estimate of drug-likeness (QED) is 0.696. The third-order valence-corrected chi connectivity index (χ3v) is 3.74. The molecule has 4 rings (SSSR count). The van der Waals surface area contributed by atoms with Gasteiger partial charge in [-0.25, -0.2) is 0 Å². The van der Waals surface area contributed by atoms with Gasteiger partial charge in [-0.15, -0.1) is 0 Å². The van der Waals surface area contributed by atoms with Gasteiger partial charge in [-0.1, -0.05) is 5.16 Å². The van der Waals surface area contributed by atoms with Crippen molar-refractivity contribution in [3.63, 3.8) is 0 Å². The summed E-state index contributed by atoms with van der Waals surface area (Å²) in [6.45, 7) is 1.96. The molecule has 0 fully saturated rings. The molecule has 3 aromatic heterocycles. The average Bonchev–Trinajstić information content (AvgIpc) is 3.20. The minimum Gasteiger partial charge on any atom is -0.469 e. The summed E-state index contributed by atoms with van der Waals surface area (Å²) in [5.41, 5.74) is 3.12. The van der Waals surface area contributed by atoms with Crippen molar-refractivity contribution in [1.82, 2.24) is 5.16 Å². The first-order valence-electron chi connectivity index (χ1n) is 6.57. The molecular weight excluding hydrogens is 254 g/mol. The van der Waals surface area contributed by atoms with Crippen LogP contribution in [0.15, 0.2) is 50.1 Å². The molecule has 4 nitrogen and oxygen atoms in total. The summed E-state index contributed by atoms with van der Waals surface area (Å²) >= 11 is 0. The molecule has 0 amide bonds. The average molecular weight is 267 g/mol. The summed E-state index contributed by atoms with van der Waals surface area (Å²) < 4.78 is 16.5. The van der Waals surface area contributed by atoms with Crippen LogP contribution in [0.2, 0.25) is 0 Å². The predicted molar refractivity (Wildman–Crippen MR) is 73.0 cm³/mol. The summed E-state index contributed by atoms with van der Waals surface area (Å²) in [5, 5.41) is 4.08. The largest absolute Gasteiger partial charge is 0.469 e. The fraction of sp³-hybridized carbons (Fsp3) is 0.188. The van der Waals surface area contributed by atoms with Crippen molar-refractivity contribution in [3.8, 4) is 0 Å². The number of aromatic nitrogens is 1. The molecule has 0 bridgehead atoms. The molecule has 0 radical (unpaired) electrons. The van der Waals surface area contributed by atoms with Crippen molar-refractivity contribution in [2.75, 3.05) is 0 Å². The number of nitrogens with zero attached hydrogens (tertiary/aromatic N) is 1. The van der Waals surface area contributed by atoms with Crippen LogP contribution >= 0.6 is 0 Å². The molecule has 1 aliphatic carbocycles. The van der Waals surface area contributed by atoms with Gasteiger partial charge in [-0.3, -0.25) is 0 Å². The highest BCUT2D eigenvalue weighted by molar-refractivity contribution is 5.82. The second kappa shape index (κ2) is 4.27. The smallest absolute Gasteiger partial charge is 0.164 e. The first-order valence-corrected chi connectivity index (χ1v) is 6.57. The van der Waals surface area contributed by atoms with Gasteiger partial charge in [0.2, 0.25) is 0 Å². The van der Waals surface area contributed by atoms with E-state index < -0.39 is 0 Å². The fourth-order valence-electron chi connectivity index (χ4n) is 2.83. The molecule has 0 aromatic carbocycles. The number of hydrogen-bond acceptors (Lipinski definition) is 4. The van der Waals surface area contributed by atoms with Crippen molar-refractivity contribution < 1.29 is 13.4 Å². The molecule has 0 spiro atoms. The highest BCUT2D eigenvalue weighted by Crippen LogP contribution is 2.43. The van der Waals surface area contributed by atoms with Crippen LogP contribution in [0.1, 0.15) is 40.9 Å². The summed E-state index contributed by atoms with van der Waals surface area (Å²) in [6, 6.07) is 7.74. The highest BCUT2D eigenvalue weighted by atomic mass is 16.5. The highest BCUT2D eigenvalue weighted by Gasteiger charge is 2.31. The lowest BCUT2D eigenvalue weighted by Gasteiger charge is -2.19. The third kappa shape index (κ3) is 1.65. The zero-order valence-electron chi connectivity index (χ0n) is 11.0. The summed E-state index contributed by atoms with van der Waals surface area (Å²) in [6.07, 6.45) is 6.20. The number of allylic oxidation sites excluding steroid dienone is 1. The van der Waals surface area contributed by atoms with Gasteiger partial charge in [0.25, 0.3) is 0 Å². The fourth-order valence-corrected chi connectivity index (χ4v) is 2.83. The minimum atomic E-state index is 0.122. The maximum absolute atomic E-state index is 5.59. The first kappa shape index (κ1) is 11.3. The Kier molecular flexibility index (Phi) is 2.42. The molecule has 0 saturated heterocycles. The van der Waals surface area contributed by atoms with E-state index >= 15 is 0 Å². The van der Waals surface area contributed by atoms with Crippen molar-refractivity contribution in [2.24, 2.45) is 0 Å². The molecular formula is C16H13NO3. The monoisotopic (exact) mass is 267 g/mol. The Labute approximate surface area is 115 Å². The Balaban J connectivity index is 1.86. The van der Waals surface area contributed by atoms with E-state index in [9.17, 15) is 0 Å². The lowest BCUT2D eigenvalue weighted by atomic mass is 9.83. The predicted octanol–water partition coefficient (Wildman–Crippen LogP) is 4.25. The maximum atomic E-state index is 5.59. The summed E-state index contributed by atoms with van der Waals surface area (Å²) in [7, 11) is 0. The molecule has 1 unspecified atom stereocenters. The molecule has 1 aliphatic rings. The van der Waals surface area contributed by atoms with E-state index in [0.717, 1.165) is 40.5 Å². The van der Waals surface area contributed by atoms with E-state index in [0.29, 0.717) is 0 Å². The normalized spacial score (nSPS) is 17.9. The van der Waals surface area contributed by atoms with Crippen LogP contribution in [-0.4, -0.2) is 5.16 Å². The summed E-state index contributed by atoms with van der Waals surface area (Å²) in [4.78, 5) is 0. The van der Waals surface area contributed by atoms with E-state index in [1.807, 2.05) is 37.3 Å². The molecule has 3 aromatic rings. The SMILES string of the molecule is Cc1noc2c1C(c1ccco1)CC(c1ccco1)=C2. The van der Waals surface area contributed by atoms with Crippen LogP contribution in [0.4, 0.5) is 0 Å². The number of hydrogen-bond donors (Lipinski definition) is 0. The van der Waals surface area contributed by atoms with Gasteiger partial charge in [0, 0.05) is 5.56 Å². The van der Waals surface area contributed by atoms with Gasteiger partial charge >= 0.3 is 0 Å². The van der Waals surface area contributed by atoms with Gasteiger partial charge in [0.05, 0.1) is 24.1 Å². The van der Waals surface area contributed by atoms with E-state index in [1.54, 1.807) is 12.5 Å². The van der Waals surface area contributed by atoms with Gasteiger partial charge in [-0.2, -0.15) is 0 Å². The second-order valence-corrected chi connectivity index (χ2v) is 4.96. The van der Waals surface area contributed by atoms with Crippen molar-refractivity contribution in [3.05, 3.63) is 65.3 Å². The number of rotatable bonds is 2. The Morgan fingerprint density at radius 3 is 2.75 bits per heavy atom. The van der Waals surface area contributed by atoms with E-state index in [-0.39, 0.29) is 5.92 Å². The van der Waals surface area contributed by atoms with Crippen LogP contribution in [0, 0.1) is 6.92 Å². The van der Waals surface area contributed by atoms with Crippen molar-refractivity contribution in [2.45, 2.75) is 19.3 Å². The van der Waals surface area contributed by atoms with Gasteiger partial charge in [0.15, 0.2) is 5.76 Å². The molecule has 20 heavy (non-hydrogen) atoms. The van der Waals surface area contributed by atoms with Crippen molar-refractivity contribution in [1.29, 1.82) is 0 Å². The van der Waals surface area contributed by atoms with Gasteiger partial charge in [0.1, 0.15) is 11.5 Å². The van der Waals surface area contributed by atoms with Gasteiger partial charge in [-0.05, 0) is 49.3 Å². The lowest BCUT2D eigenvalue weighted by Crippen LogP contribution is -2.07. The molecule has 0 aliphatic heterocycles. The number of fused-ring (bicyclic) bond motifs is 1. The molecule has 0 saturated carbocycles. The second-order valence-electron chi connectivity index (χ2n) is 4.96. The topological polar surface area (TPSA) is 52.3 Å². The first-order chi connectivity index (χ1) is 9.83.